The van der Waals surface area contributed by atoms with Crippen LogP contribution in [0.5, 0.6) is 0 Å². The molecule has 6 rings (SSSR count). The summed E-state index contributed by atoms with van der Waals surface area (Å²) in [6, 6.07) is 10.1. The third-order valence-corrected chi connectivity index (χ3v) is 9.76. The van der Waals surface area contributed by atoms with Crippen LogP contribution in [-0.4, -0.2) is 46.6 Å². The number of amides is 1. The summed E-state index contributed by atoms with van der Waals surface area (Å²) in [5, 5.41) is 26.7. The highest BCUT2D eigenvalue weighted by Crippen LogP contribution is 2.67. The second-order valence-electron chi connectivity index (χ2n) is 11.3. The van der Waals surface area contributed by atoms with Gasteiger partial charge in [-0.05, 0) is 50.7 Å². The molecule has 1 aromatic carbocycles. The summed E-state index contributed by atoms with van der Waals surface area (Å²) in [7, 11) is 0. The van der Waals surface area contributed by atoms with Crippen LogP contribution in [0.4, 0.5) is 0 Å². The Kier molecular flexibility index (Phi) is 4.75. The summed E-state index contributed by atoms with van der Waals surface area (Å²) < 4.78 is 6.74. The van der Waals surface area contributed by atoms with Crippen LogP contribution in [0.15, 0.2) is 53.1 Å². The quantitative estimate of drug-likeness (QED) is 0.607. The minimum Gasteiger partial charge on any atom is -0.390 e. The number of allylic oxidation sites excluding steroid dienone is 1. The lowest BCUT2D eigenvalue weighted by molar-refractivity contribution is -0.185. The smallest absolute Gasteiger partial charge is 0.230 e. The number of benzene rings is 1. The highest BCUT2D eigenvalue weighted by Gasteiger charge is 2.76. The molecule has 5 aliphatic rings. The molecule has 1 amide bonds. The largest absolute Gasteiger partial charge is 0.390 e. The first kappa shape index (κ1) is 21.6. The van der Waals surface area contributed by atoms with Gasteiger partial charge in [0.2, 0.25) is 5.91 Å². The van der Waals surface area contributed by atoms with Gasteiger partial charge in [0.1, 0.15) is 0 Å². The maximum absolute atomic E-state index is 14.0. The molecular formula is C28H35NO4. The van der Waals surface area contributed by atoms with Crippen molar-refractivity contribution in [2.75, 3.05) is 0 Å². The van der Waals surface area contributed by atoms with Gasteiger partial charge in [0.05, 0.1) is 29.8 Å². The molecule has 0 unspecified atom stereocenters. The van der Waals surface area contributed by atoms with E-state index in [0.717, 1.165) is 17.6 Å². The van der Waals surface area contributed by atoms with E-state index in [2.05, 4.69) is 51.2 Å². The summed E-state index contributed by atoms with van der Waals surface area (Å²) in [5.41, 5.74) is 3.58. The maximum Gasteiger partial charge on any atom is 0.230 e. The molecule has 2 aliphatic heterocycles. The van der Waals surface area contributed by atoms with Crippen molar-refractivity contribution in [3.63, 3.8) is 0 Å². The first-order valence-corrected chi connectivity index (χ1v) is 12.5. The number of hydrogen-bond acceptors (Lipinski definition) is 4. The van der Waals surface area contributed by atoms with Crippen molar-refractivity contribution >= 4 is 5.91 Å². The van der Waals surface area contributed by atoms with Crippen LogP contribution in [0.2, 0.25) is 0 Å². The van der Waals surface area contributed by atoms with Gasteiger partial charge < -0.3 is 20.3 Å². The third kappa shape index (κ3) is 2.67. The summed E-state index contributed by atoms with van der Waals surface area (Å²) in [6.45, 7) is 8.52. The SMILES string of the molecule is CC1=C[C@@H](C)C[C@H]2O[C@@H]3C(C)=C(C)[C@H]4[C@H](Cc5ccccc5)NC(=O)[C@@]45[C@H]3[C@@H]2[C@H]1[C@@H](O)[C@H]5O. The fraction of sp³-hybridized carbons (Fsp3) is 0.607. The second-order valence-corrected chi connectivity index (χ2v) is 11.3. The number of carbonyl (C=O) groups excluding carboxylic acids is 1. The Morgan fingerprint density at radius 2 is 1.85 bits per heavy atom. The predicted molar refractivity (Wildman–Crippen MR) is 125 cm³/mol. The Morgan fingerprint density at radius 1 is 1.12 bits per heavy atom. The number of carbonyl (C=O) groups is 1. The maximum atomic E-state index is 14.0. The van der Waals surface area contributed by atoms with E-state index in [1.54, 1.807) is 0 Å². The third-order valence-electron chi connectivity index (χ3n) is 9.76. The van der Waals surface area contributed by atoms with Crippen molar-refractivity contribution in [3.05, 3.63) is 58.7 Å². The number of ether oxygens (including phenoxy) is 1. The van der Waals surface area contributed by atoms with E-state index >= 15 is 0 Å². The molecule has 0 aromatic heterocycles. The summed E-state index contributed by atoms with van der Waals surface area (Å²) in [4.78, 5) is 14.0. The molecule has 5 nitrogen and oxygen atoms in total. The Bertz CT molecular complexity index is 1050. The standard InChI is InChI=1S/C28H35NO4/c1-13-10-14(2)20-21-19(11-13)33-25-16(4)15(3)22-18(12-17-8-6-5-7-9-17)29-27(32)28(22,23(21)25)26(31)24(20)30/h5-10,13,18-26,30-31H,11-12H2,1-4H3,(H,29,32)/t13-,18+,19-,20+,21+,22+,23+,24-,25-,26-,28-/m1/s1. The van der Waals surface area contributed by atoms with E-state index < -0.39 is 17.6 Å². The minimum atomic E-state index is -1.13. The van der Waals surface area contributed by atoms with Crippen molar-refractivity contribution in [1.29, 1.82) is 0 Å². The van der Waals surface area contributed by atoms with Gasteiger partial charge in [0.25, 0.3) is 0 Å². The molecule has 0 bridgehead atoms. The predicted octanol–water partition coefficient (Wildman–Crippen LogP) is 3.02. The first-order valence-electron chi connectivity index (χ1n) is 12.5. The van der Waals surface area contributed by atoms with Gasteiger partial charge in [0.15, 0.2) is 0 Å². The molecule has 2 saturated heterocycles. The molecule has 11 atom stereocenters. The zero-order valence-corrected chi connectivity index (χ0v) is 19.9. The average molecular weight is 450 g/mol. The van der Waals surface area contributed by atoms with Crippen LogP contribution in [0.3, 0.4) is 0 Å². The zero-order valence-electron chi connectivity index (χ0n) is 19.9. The average Bonchev–Trinajstić information content (AvgIpc) is 3.23. The number of hydrogen-bond donors (Lipinski definition) is 3. The molecule has 3 N–H and O–H groups in total. The molecule has 2 heterocycles. The van der Waals surface area contributed by atoms with Gasteiger partial charge in [-0.25, -0.2) is 0 Å². The van der Waals surface area contributed by atoms with Crippen LogP contribution < -0.4 is 5.32 Å². The van der Waals surface area contributed by atoms with Crippen molar-refractivity contribution in [3.8, 4) is 0 Å². The molecule has 33 heavy (non-hydrogen) atoms. The van der Waals surface area contributed by atoms with Crippen molar-refractivity contribution in [2.24, 2.45) is 35.0 Å². The van der Waals surface area contributed by atoms with Crippen molar-refractivity contribution < 1.29 is 19.7 Å². The number of nitrogens with one attached hydrogen (secondary N) is 1. The van der Waals surface area contributed by atoms with Gasteiger partial charge >= 0.3 is 0 Å². The normalized spacial score (nSPS) is 48.1. The summed E-state index contributed by atoms with van der Waals surface area (Å²) >= 11 is 0. The highest BCUT2D eigenvalue weighted by molar-refractivity contribution is 5.89. The summed E-state index contributed by atoms with van der Waals surface area (Å²) in [5.74, 6) is -0.211. The molecule has 3 aliphatic carbocycles. The van der Waals surface area contributed by atoms with Gasteiger partial charge in [-0.2, -0.15) is 0 Å². The molecule has 1 saturated carbocycles. The number of aliphatic hydroxyl groups is 2. The van der Waals surface area contributed by atoms with E-state index in [9.17, 15) is 15.0 Å². The van der Waals surface area contributed by atoms with Crippen LogP contribution in [0.25, 0.3) is 0 Å². The van der Waals surface area contributed by atoms with Crippen molar-refractivity contribution in [1.82, 2.24) is 5.32 Å². The molecule has 176 valence electrons. The fourth-order valence-corrected chi connectivity index (χ4v) is 8.57. The zero-order chi connectivity index (χ0) is 23.2. The van der Waals surface area contributed by atoms with Crippen LogP contribution in [0.1, 0.15) is 39.7 Å². The van der Waals surface area contributed by atoms with Crippen LogP contribution in [-0.2, 0) is 16.0 Å². The molecule has 1 aromatic rings. The lowest BCUT2D eigenvalue weighted by Crippen LogP contribution is -2.67. The second kappa shape index (κ2) is 7.27. The van der Waals surface area contributed by atoms with E-state index in [4.69, 9.17) is 4.74 Å². The van der Waals surface area contributed by atoms with Crippen LogP contribution >= 0.6 is 0 Å². The number of aliphatic hydroxyl groups excluding tert-OH is 2. The molecule has 5 heteroatoms. The van der Waals surface area contributed by atoms with Gasteiger partial charge in [-0.1, -0.05) is 54.5 Å². The van der Waals surface area contributed by atoms with Crippen LogP contribution in [0, 0.1) is 35.0 Å². The molecule has 0 radical (unpaired) electrons. The highest BCUT2D eigenvalue weighted by atomic mass is 16.5. The molecule has 1 spiro atoms. The number of rotatable bonds is 2. The Balaban J connectivity index is 1.52. The fourth-order valence-electron chi connectivity index (χ4n) is 8.57. The van der Waals surface area contributed by atoms with E-state index in [1.807, 2.05) is 18.2 Å². The monoisotopic (exact) mass is 449 g/mol. The molecule has 3 fully saturated rings. The topological polar surface area (TPSA) is 78.8 Å². The van der Waals surface area contributed by atoms with E-state index in [-0.39, 0.29) is 47.8 Å². The lowest BCUT2D eigenvalue weighted by Gasteiger charge is -2.57. The lowest BCUT2D eigenvalue weighted by atomic mass is 9.45. The van der Waals surface area contributed by atoms with E-state index in [0.29, 0.717) is 12.3 Å². The Hall–Kier alpha value is -1.95. The first-order chi connectivity index (χ1) is 15.8. The molecular weight excluding hydrogens is 414 g/mol. The van der Waals surface area contributed by atoms with Gasteiger partial charge in [0, 0.05) is 29.7 Å². The van der Waals surface area contributed by atoms with Gasteiger partial charge in [-0.3, -0.25) is 4.79 Å². The minimum absolute atomic E-state index is 0.0183. The van der Waals surface area contributed by atoms with E-state index in [1.165, 1.54) is 11.1 Å². The van der Waals surface area contributed by atoms with Crippen molar-refractivity contribution in [2.45, 2.75) is 71.0 Å². The Labute approximate surface area is 195 Å². The Morgan fingerprint density at radius 3 is 2.58 bits per heavy atom. The summed E-state index contributed by atoms with van der Waals surface area (Å²) in [6.07, 6.45) is 1.52. The van der Waals surface area contributed by atoms with Gasteiger partial charge in [-0.15, -0.1) is 0 Å².